The second-order valence-corrected chi connectivity index (χ2v) is 6.44. The number of hydrogen-bond donors (Lipinski definition) is 1. The van der Waals surface area contributed by atoms with Crippen LogP contribution in [0.25, 0.3) is 11.1 Å². The maximum atomic E-state index is 11.5. The quantitative estimate of drug-likeness (QED) is 0.871. The third kappa shape index (κ3) is 3.30. The Hall–Kier alpha value is -1.87. The van der Waals surface area contributed by atoms with Crippen LogP contribution in [0.4, 0.5) is 0 Å². The normalized spacial score (nSPS) is 15.5. The summed E-state index contributed by atoms with van der Waals surface area (Å²) in [6.07, 6.45) is 4.72. The van der Waals surface area contributed by atoms with Crippen molar-refractivity contribution in [3.05, 3.63) is 52.8 Å². The first-order chi connectivity index (χ1) is 10.5. The van der Waals surface area contributed by atoms with E-state index >= 15 is 0 Å². The lowest BCUT2D eigenvalue weighted by Crippen LogP contribution is -2.13. The number of benzene rings is 1. The van der Waals surface area contributed by atoms with Gasteiger partial charge in [0.1, 0.15) is 0 Å². The van der Waals surface area contributed by atoms with Gasteiger partial charge in [0.2, 0.25) is 0 Å². The molecule has 114 valence electrons. The molecule has 1 aromatic carbocycles. The SMILES string of the molecule is Cc1ccc(Cl)cc1-c1ccc(C(CC2CC2)C(=O)O)nc1. The van der Waals surface area contributed by atoms with Gasteiger partial charge in [-0.2, -0.15) is 0 Å². The van der Waals surface area contributed by atoms with E-state index in [4.69, 9.17) is 11.6 Å². The lowest BCUT2D eigenvalue weighted by Gasteiger charge is -2.12. The molecule has 1 aliphatic carbocycles. The van der Waals surface area contributed by atoms with Gasteiger partial charge in [0.05, 0.1) is 11.6 Å². The zero-order chi connectivity index (χ0) is 15.7. The minimum absolute atomic E-state index is 0.498. The number of carboxylic acids is 1. The number of carboxylic acid groups (broad SMARTS) is 1. The molecule has 1 fully saturated rings. The van der Waals surface area contributed by atoms with Crippen molar-refractivity contribution in [2.24, 2.45) is 5.92 Å². The molecule has 0 amide bonds. The van der Waals surface area contributed by atoms with Crippen molar-refractivity contribution >= 4 is 17.6 Å². The Kier molecular flexibility index (Phi) is 4.16. The number of pyridine rings is 1. The minimum Gasteiger partial charge on any atom is -0.481 e. The third-order valence-electron chi connectivity index (χ3n) is 4.22. The molecule has 22 heavy (non-hydrogen) atoms. The molecule has 1 N–H and O–H groups in total. The second-order valence-electron chi connectivity index (χ2n) is 6.00. The van der Waals surface area contributed by atoms with E-state index in [0.29, 0.717) is 23.1 Å². The summed E-state index contributed by atoms with van der Waals surface area (Å²) in [6.45, 7) is 2.02. The Morgan fingerprint density at radius 2 is 2.14 bits per heavy atom. The highest BCUT2D eigenvalue weighted by molar-refractivity contribution is 6.30. The van der Waals surface area contributed by atoms with Gasteiger partial charge in [-0.05, 0) is 48.6 Å². The van der Waals surface area contributed by atoms with Crippen LogP contribution in [0.5, 0.6) is 0 Å². The van der Waals surface area contributed by atoms with Crippen LogP contribution in [0.1, 0.15) is 36.4 Å². The molecular formula is C18H18ClNO2. The number of aliphatic carboxylic acids is 1. The molecule has 1 heterocycles. The van der Waals surface area contributed by atoms with Gasteiger partial charge in [-0.3, -0.25) is 9.78 Å². The van der Waals surface area contributed by atoms with E-state index < -0.39 is 11.9 Å². The fourth-order valence-corrected chi connectivity index (χ4v) is 2.88. The molecule has 0 saturated heterocycles. The number of aryl methyl sites for hydroxylation is 1. The summed E-state index contributed by atoms with van der Waals surface area (Å²) in [4.78, 5) is 15.9. The first-order valence-corrected chi connectivity index (χ1v) is 7.87. The van der Waals surface area contributed by atoms with E-state index in [-0.39, 0.29) is 0 Å². The standard InChI is InChI=1S/C18H18ClNO2/c1-11-2-6-14(19)9-15(11)13-5-7-17(20-10-13)16(18(21)22)8-12-3-4-12/h2,5-7,9-10,12,16H,3-4,8H2,1H3,(H,21,22). The van der Waals surface area contributed by atoms with Crippen LogP contribution in [-0.4, -0.2) is 16.1 Å². The summed E-state index contributed by atoms with van der Waals surface area (Å²) < 4.78 is 0. The summed E-state index contributed by atoms with van der Waals surface area (Å²) in [7, 11) is 0. The van der Waals surface area contributed by atoms with Crippen molar-refractivity contribution in [2.75, 3.05) is 0 Å². The molecule has 0 bridgehead atoms. The van der Waals surface area contributed by atoms with Crippen molar-refractivity contribution in [3.63, 3.8) is 0 Å². The maximum absolute atomic E-state index is 11.5. The molecule has 3 rings (SSSR count). The Morgan fingerprint density at radius 1 is 1.36 bits per heavy atom. The van der Waals surface area contributed by atoms with Gasteiger partial charge >= 0.3 is 5.97 Å². The fraction of sp³-hybridized carbons (Fsp3) is 0.333. The van der Waals surface area contributed by atoms with E-state index in [2.05, 4.69) is 4.98 Å². The summed E-state index contributed by atoms with van der Waals surface area (Å²) >= 11 is 6.06. The fourth-order valence-electron chi connectivity index (χ4n) is 2.71. The molecule has 4 heteroatoms. The molecule has 0 aliphatic heterocycles. The van der Waals surface area contributed by atoms with E-state index in [1.165, 1.54) is 0 Å². The van der Waals surface area contributed by atoms with Crippen LogP contribution in [0.15, 0.2) is 36.5 Å². The van der Waals surface area contributed by atoms with Crippen molar-refractivity contribution in [1.29, 1.82) is 0 Å². The zero-order valence-electron chi connectivity index (χ0n) is 12.4. The van der Waals surface area contributed by atoms with Gasteiger partial charge in [0.15, 0.2) is 0 Å². The predicted molar refractivity (Wildman–Crippen MR) is 87.1 cm³/mol. The number of rotatable bonds is 5. The number of halogens is 1. The Bertz CT molecular complexity index is 693. The molecule has 2 aromatic rings. The van der Waals surface area contributed by atoms with Crippen LogP contribution < -0.4 is 0 Å². The van der Waals surface area contributed by atoms with Gasteiger partial charge in [-0.25, -0.2) is 0 Å². The Morgan fingerprint density at radius 3 is 2.73 bits per heavy atom. The number of hydrogen-bond acceptors (Lipinski definition) is 2. The van der Waals surface area contributed by atoms with E-state index in [9.17, 15) is 9.90 Å². The highest BCUT2D eigenvalue weighted by Crippen LogP contribution is 2.38. The van der Waals surface area contributed by atoms with Gasteiger partial charge < -0.3 is 5.11 Å². The molecule has 3 nitrogen and oxygen atoms in total. The third-order valence-corrected chi connectivity index (χ3v) is 4.45. The van der Waals surface area contributed by atoms with Crippen LogP contribution in [0, 0.1) is 12.8 Å². The zero-order valence-corrected chi connectivity index (χ0v) is 13.2. The largest absolute Gasteiger partial charge is 0.481 e. The van der Waals surface area contributed by atoms with Crippen molar-refractivity contribution in [1.82, 2.24) is 4.98 Å². The summed E-state index contributed by atoms with van der Waals surface area (Å²) in [6, 6.07) is 9.50. The average Bonchev–Trinajstić information content (AvgIpc) is 3.31. The van der Waals surface area contributed by atoms with Crippen molar-refractivity contribution in [3.8, 4) is 11.1 Å². The maximum Gasteiger partial charge on any atom is 0.312 e. The number of carbonyl (C=O) groups is 1. The van der Waals surface area contributed by atoms with Crippen LogP contribution in [0.3, 0.4) is 0 Å². The minimum atomic E-state index is -0.786. The number of aromatic nitrogens is 1. The first-order valence-electron chi connectivity index (χ1n) is 7.50. The van der Waals surface area contributed by atoms with Crippen molar-refractivity contribution < 1.29 is 9.90 Å². The average molecular weight is 316 g/mol. The highest BCUT2D eigenvalue weighted by Gasteiger charge is 2.31. The summed E-state index contributed by atoms with van der Waals surface area (Å²) in [5, 5.41) is 10.1. The van der Waals surface area contributed by atoms with Gasteiger partial charge in [-0.1, -0.05) is 36.6 Å². The molecule has 1 aliphatic rings. The van der Waals surface area contributed by atoms with Gasteiger partial charge in [0.25, 0.3) is 0 Å². The van der Waals surface area contributed by atoms with Gasteiger partial charge in [0, 0.05) is 16.8 Å². The molecular weight excluding hydrogens is 298 g/mol. The Labute approximate surface area is 135 Å². The molecule has 1 unspecified atom stereocenters. The lowest BCUT2D eigenvalue weighted by molar-refractivity contribution is -0.139. The highest BCUT2D eigenvalue weighted by atomic mass is 35.5. The van der Waals surface area contributed by atoms with Crippen LogP contribution in [0.2, 0.25) is 5.02 Å². The molecule has 1 atom stereocenters. The smallest absolute Gasteiger partial charge is 0.312 e. The summed E-state index contributed by atoms with van der Waals surface area (Å²) in [5.41, 5.74) is 3.74. The monoisotopic (exact) mass is 315 g/mol. The Balaban J connectivity index is 1.87. The van der Waals surface area contributed by atoms with E-state index in [1.54, 1.807) is 6.20 Å². The molecule has 1 aromatic heterocycles. The summed E-state index contributed by atoms with van der Waals surface area (Å²) in [5.74, 6) is -0.731. The molecule has 0 spiro atoms. The van der Waals surface area contributed by atoms with Crippen LogP contribution in [-0.2, 0) is 4.79 Å². The second kappa shape index (κ2) is 6.09. The predicted octanol–water partition coefficient (Wildman–Crippen LogP) is 4.68. The lowest BCUT2D eigenvalue weighted by atomic mass is 9.96. The topological polar surface area (TPSA) is 50.2 Å². The van der Waals surface area contributed by atoms with Gasteiger partial charge in [-0.15, -0.1) is 0 Å². The number of nitrogens with zero attached hydrogens (tertiary/aromatic N) is 1. The van der Waals surface area contributed by atoms with E-state index in [0.717, 1.165) is 29.5 Å². The molecule has 1 saturated carbocycles. The molecule has 0 radical (unpaired) electrons. The van der Waals surface area contributed by atoms with Crippen LogP contribution >= 0.6 is 11.6 Å². The van der Waals surface area contributed by atoms with E-state index in [1.807, 2.05) is 37.3 Å². The van der Waals surface area contributed by atoms with Crippen molar-refractivity contribution in [2.45, 2.75) is 32.1 Å². The first kappa shape index (κ1) is 15.0.